The molecule has 0 N–H and O–H groups in total. The molecule has 0 heteroatoms. The van der Waals surface area contributed by atoms with Crippen molar-refractivity contribution in [2.24, 2.45) is 11.3 Å². The monoisotopic (exact) mass is 264 g/mol. The molecule has 1 fully saturated rings. The maximum Gasteiger partial charge on any atom is 0.0125 e. The Morgan fingerprint density at radius 3 is 2.40 bits per heavy atom. The van der Waals surface area contributed by atoms with Gasteiger partial charge < -0.3 is 0 Å². The van der Waals surface area contributed by atoms with Gasteiger partial charge in [-0.1, -0.05) is 73.9 Å². The van der Waals surface area contributed by atoms with E-state index in [1.165, 1.54) is 43.2 Å². The van der Waals surface area contributed by atoms with Crippen molar-refractivity contribution < 1.29 is 0 Å². The Kier molecular flexibility index (Phi) is 3.91. The van der Waals surface area contributed by atoms with Gasteiger partial charge in [0, 0.05) is 5.41 Å². The number of hydrogen-bond donors (Lipinski definition) is 0. The fourth-order valence-electron chi connectivity index (χ4n) is 3.77. The summed E-state index contributed by atoms with van der Waals surface area (Å²) in [6, 6.07) is 10.7. The maximum absolute atomic E-state index is 4.15. The van der Waals surface area contributed by atoms with Crippen LogP contribution < -0.4 is 0 Å². The highest BCUT2D eigenvalue weighted by molar-refractivity contribution is 5.75. The van der Waals surface area contributed by atoms with E-state index in [1.54, 1.807) is 0 Å². The van der Waals surface area contributed by atoms with E-state index in [2.05, 4.69) is 61.2 Å². The van der Waals surface area contributed by atoms with Crippen LogP contribution in [0.1, 0.15) is 44.1 Å². The van der Waals surface area contributed by atoms with Gasteiger partial charge in [-0.3, -0.25) is 0 Å². The van der Waals surface area contributed by atoms with Gasteiger partial charge in [-0.25, -0.2) is 0 Å². The van der Waals surface area contributed by atoms with Crippen LogP contribution in [0, 0.1) is 11.3 Å². The standard InChI is InChI=1S/C20H24/c1-2-20(19-11-7-4-8-12-19)15-13-18(14-16-20)17-9-5-3-6-10-17/h2-3,5-6,9-10,13-15,19H,1,4,7-8,11-12,16H2. The summed E-state index contributed by atoms with van der Waals surface area (Å²) in [5.41, 5.74) is 2.89. The smallest absolute Gasteiger partial charge is 0.0125 e. The molecule has 0 bridgehead atoms. The predicted octanol–water partition coefficient (Wildman–Crippen LogP) is 5.78. The molecule has 2 aliphatic carbocycles. The zero-order valence-electron chi connectivity index (χ0n) is 12.2. The molecule has 0 heterocycles. The van der Waals surface area contributed by atoms with Gasteiger partial charge in [-0.15, -0.1) is 6.58 Å². The van der Waals surface area contributed by atoms with Crippen LogP contribution in [-0.4, -0.2) is 0 Å². The third-order valence-corrected chi connectivity index (χ3v) is 5.10. The van der Waals surface area contributed by atoms with Crippen LogP contribution in [0.15, 0.2) is 61.2 Å². The van der Waals surface area contributed by atoms with Crippen LogP contribution in [0.3, 0.4) is 0 Å². The van der Waals surface area contributed by atoms with E-state index >= 15 is 0 Å². The first-order valence-corrected chi connectivity index (χ1v) is 7.92. The van der Waals surface area contributed by atoms with E-state index < -0.39 is 0 Å². The van der Waals surface area contributed by atoms with E-state index in [9.17, 15) is 0 Å². The largest absolute Gasteiger partial charge is 0.102 e. The SMILES string of the molecule is C=CC1(C2CCCCC2)C=CC(c2ccccc2)=CC1. The number of rotatable bonds is 3. The minimum atomic E-state index is 0.207. The Balaban J connectivity index is 1.80. The van der Waals surface area contributed by atoms with Crippen LogP contribution >= 0.6 is 0 Å². The summed E-state index contributed by atoms with van der Waals surface area (Å²) < 4.78 is 0. The van der Waals surface area contributed by atoms with Gasteiger partial charge in [0.15, 0.2) is 0 Å². The van der Waals surface area contributed by atoms with Gasteiger partial charge in [0.05, 0.1) is 0 Å². The molecular formula is C20H24. The molecule has 1 saturated carbocycles. The van der Waals surface area contributed by atoms with Gasteiger partial charge >= 0.3 is 0 Å². The van der Waals surface area contributed by atoms with E-state index in [0.29, 0.717) is 0 Å². The van der Waals surface area contributed by atoms with Crippen molar-refractivity contribution in [3.05, 3.63) is 66.8 Å². The summed E-state index contributed by atoms with van der Waals surface area (Å²) in [5.74, 6) is 0.790. The second-order valence-electron chi connectivity index (χ2n) is 6.21. The number of allylic oxidation sites excluding steroid dienone is 5. The second-order valence-corrected chi connectivity index (χ2v) is 6.21. The average Bonchev–Trinajstić information content (AvgIpc) is 2.56. The van der Waals surface area contributed by atoms with E-state index in [4.69, 9.17) is 0 Å². The lowest BCUT2D eigenvalue weighted by atomic mass is 9.65. The summed E-state index contributed by atoms with van der Waals surface area (Å²) >= 11 is 0. The highest BCUT2D eigenvalue weighted by atomic mass is 14.4. The molecule has 104 valence electrons. The molecule has 0 radical (unpaired) electrons. The topological polar surface area (TPSA) is 0 Å². The highest BCUT2D eigenvalue weighted by Crippen LogP contribution is 2.46. The lowest BCUT2D eigenvalue weighted by Gasteiger charge is -2.39. The van der Waals surface area contributed by atoms with Crippen molar-refractivity contribution in [1.82, 2.24) is 0 Å². The van der Waals surface area contributed by atoms with Crippen molar-refractivity contribution in [2.45, 2.75) is 38.5 Å². The summed E-state index contributed by atoms with van der Waals surface area (Å²) in [5, 5.41) is 0. The Morgan fingerprint density at radius 1 is 1.05 bits per heavy atom. The van der Waals surface area contributed by atoms with Crippen LogP contribution in [0.4, 0.5) is 0 Å². The minimum Gasteiger partial charge on any atom is -0.102 e. The quantitative estimate of drug-likeness (QED) is 0.607. The predicted molar refractivity (Wildman–Crippen MR) is 87.4 cm³/mol. The first-order chi connectivity index (χ1) is 9.84. The lowest BCUT2D eigenvalue weighted by Crippen LogP contribution is -2.29. The van der Waals surface area contributed by atoms with E-state index in [-0.39, 0.29) is 5.41 Å². The Hall–Kier alpha value is -1.56. The minimum absolute atomic E-state index is 0.207. The van der Waals surface area contributed by atoms with E-state index in [1.807, 2.05) is 0 Å². The average molecular weight is 264 g/mol. The fourth-order valence-corrected chi connectivity index (χ4v) is 3.77. The molecule has 0 saturated heterocycles. The Morgan fingerprint density at radius 2 is 1.80 bits per heavy atom. The summed E-state index contributed by atoms with van der Waals surface area (Å²) in [6.45, 7) is 4.15. The summed E-state index contributed by atoms with van der Waals surface area (Å²) in [6.07, 6.45) is 17.4. The molecule has 1 unspecified atom stereocenters. The van der Waals surface area contributed by atoms with Crippen molar-refractivity contribution in [2.75, 3.05) is 0 Å². The zero-order chi connectivity index (χ0) is 13.8. The van der Waals surface area contributed by atoms with Crippen molar-refractivity contribution in [1.29, 1.82) is 0 Å². The fraction of sp³-hybridized carbons (Fsp3) is 0.400. The molecule has 0 amide bonds. The molecule has 0 aliphatic heterocycles. The molecule has 3 rings (SSSR count). The zero-order valence-corrected chi connectivity index (χ0v) is 12.2. The molecule has 1 aromatic rings. The normalized spacial score (nSPS) is 27.1. The van der Waals surface area contributed by atoms with Crippen molar-refractivity contribution in [3.8, 4) is 0 Å². The van der Waals surface area contributed by atoms with Gasteiger partial charge in [0.25, 0.3) is 0 Å². The van der Waals surface area contributed by atoms with Gasteiger partial charge in [-0.2, -0.15) is 0 Å². The number of hydrogen-bond acceptors (Lipinski definition) is 0. The third kappa shape index (κ3) is 2.52. The highest BCUT2D eigenvalue weighted by Gasteiger charge is 2.34. The van der Waals surface area contributed by atoms with Crippen LogP contribution in [0.2, 0.25) is 0 Å². The van der Waals surface area contributed by atoms with E-state index in [0.717, 1.165) is 12.3 Å². The molecule has 0 aromatic heterocycles. The first kappa shape index (κ1) is 13.4. The van der Waals surface area contributed by atoms with Crippen LogP contribution in [0.5, 0.6) is 0 Å². The summed E-state index contributed by atoms with van der Waals surface area (Å²) in [4.78, 5) is 0. The van der Waals surface area contributed by atoms with Crippen molar-refractivity contribution >= 4 is 5.57 Å². The lowest BCUT2D eigenvalue weighted by molar-refractivity contribution is 0.221. The molecule has 1 atom stereocenters. The van der Waals surface area contributed by atoms with Crippen LogP contribution in [-0.2, 0) is 0 Å². The Bertz CT molecular complexity index is 514. The molecule has 0 nitrogen and oxygen atoms in total. The molecule has 20 heavy (non-hydrogen) atoms. The van der Waals surface area contributed by atoms with Gasteiger partial charge in [0.2, 0.25) is 0 Å². The molecule has 0 spiro atoms. The molecular weight excluding hydrogens is 240 g/mol. The Labute approximate surface area is 122 Å². The van der Waals surface area contributed by atoms with Gasteiger partial charge in [-0.05, 0) is 36.3 Å². The molecule has 2 aliphatic rings. The molecule has 1 aromatic carbocycles. The third-order valence-electron chi connectivity index (χ3n) is 5.10. The maximum atomic E-state index is 4.15. The van der Waals surface area contributed by atoms with Crippen molar-refractivity contribution in [3.63, 3.8) is 0 Å². The van der Waals surface area contributed by atoms with Crippen LogP contribution in [0.25, 0.3) is 5.57 Å². The van der Waals surface area contributed by atoms with Gasteiger partial charge in [0.1, 0.15) is 0 Å². The summed E-state index contributed by atoms with van der Waals surface area (Å²) in [7, 11) is 0. The second kappa shape index (κ2) is 5.83. The number of benzene rings is 1. The first-order valence-electron chi connectivity index (χ1n) is 7.92.